The Bertz CT molecular complexity index is 3560. The van der Waals surface area contributed by atoms with Gasteiger partial charge in [-0.1, -0.05) is 18.1 Å². The molecule has 0 aliphatic rings. The zero-order valence-corrected chi connectivity index (χ0v) is 44.6. The van der Waals surface area contributed by atoms with Crippen molar-refractivity contribution in [3.05, 3.63) is 58.6 Å². The highest BCUT2D eigenvalue weighted by Crippen LogP contribution is 2.30. The lowest BCUT2D eigenvalue weighted by Crippen LogP contribution is -2.37. The normalized spacial score (nSPS) is 9.21. The van der Waals surface area contributed by atoms with Gasteiger partial charge in [0.1, 0.15) is 23.3 Å². The van der Waals surface area contributed by atoms with Crippen molar-refractivity contribution in [2.24, 2.45) is 0 Å². The molecule has 2 aromatic rings. The highest BCUT2D eigenvalue weighted by molar-refractivity contribution is 5.70. The molecule has 0 aliphatic heterocycles. The standard InChI is InChI=1S/C18H2.C17H4.C15H19F3N2O4.C15H21F3N2O2/c1-3-5-7-9-11-13-15-17-18-16-14-12-10-8-6-4-2;1-3-5-7-9-11-13-15-17-16-14-12-10-8-6-4-2;1-14(2,3)24-13(21)8-7-12(15(16,17)18)19-10-5-4-6-11(9-10)20(22)23;1-14(2,3)22-13(21)8-7-12(15(16,17)18)20-11-6-4-5-10(19)9-11/h1-2H;1H,2H3;4-6,9,12,19H,7-8H2,1-3H3;4-6,9,12,20H,7-8,19H2,1-3H3. The monoisotopic (exact) mass is 1090 g/mol. The Morgan fingerprint density at radius 1 is 0.519 bits per heavy atom. The largest absolute Gasteiger partial charge is 0.460 e. The van der Waals surface area contributed by atoms with Crippen LogP contribution in [-0.2, 0) is 19.1 Å². The first-order valence-electron chi connectivity index (χ1n) is 22.7. The third-order valence-electron chi connectivity index (χ3n) is 7.43. The second-order valence-corrected chi connectivity index (χ2v) is 16.2. The molecule has 0 spiro atoms. The zero-order chi connectivity index (χ0) is 61.4. The second kappa shape index (κ2) is 41.5. The zero-order valence-electron chi connectivity index (χ0n) is 44.6. The summed E-state index contributed by atoms with van der Waals surface area (Å²) in [4.78, 5) is 33.1. The number of hydrogen-bond acceptors (Lipinski definition) is 9. The van der Waals surface area contributed by atoms with Crippen LogP contribution in [0.3, 0.4) is 0 Å². The summed E-state index contributed by atoms with van der Waals surface area (Å²) in [5.41, 5.74) is 4.29. The van der Waals surface area contributed by atoms with Gasteiger partial charge in [0.25, 0.3) is 5.69 Å². The maximum Gasteiger partial charge on any atom is 0.408 e. The summed E-state index contributed by atoms with van der Waals surface area (Å²) in [5.74, 6) is 73.8. The van der Waals surface area contributed by atoms with E-state index in [0.29, 0.717) is 5.69 Å². The Kier molecular flexibility index (Phi) is 36.6. The van der Waals surface area contributed by atoms with Gasteiger partial charge in [0.15, 0.2) is 0 Å². The number of hydrogen-bond donors (Lipinski definition) is 3. The lowest BCUT2D eigenvalue weighted by atomic mass is 10.1. The van der Waals surface area contributed by atoms with Gasteiger partial charge in [0.2, 0.25) is 0 Å². The number of nitro groups is 1. The number of rotatable bonds is 11. The summed E-state index contributed by atoms with van der Waals surface area (Å²) < 4.78 is 88.5. The van der Waals surface area contributed by atoms with Crippen molar-refractivity contribution in [3.63, 3.8) is 0 Å². The molecule has 81 heavy (non-hydrogen) atoms. The van der Waals surface area contributed by atoms with Gasteiger partial charge in [-0.2, -0.15) is 26.3 Å². The maximum absolute atomic E-state index is 13.1. The van der Waals surface area contributed by atoms with E-state index in [4.69, 9.17) is 34.5 Å². The van der Waals surface area contributed by atoms with Crippen LogP contribution in [0.1, 0.15) is 74.1 Å². The Morgan fingerprint density at radius 2 is 0.802 bits per heavy atom. The van der Waals surface area contributed by atoms with Gasteiger partial charge >= 0.3 is 24.3 Å². The molecule has 0 aromatic heterocycles. The van der Waals surface area contributed by atoms with Gasteiger partial charge in [-0.05, 0) is 263 Å². The van der Waals surface area contributed by atoms with Crippen molar-refractivity contribution in [2.75, 3.05) is 16.4 Å². The van der Waals surface area contributed by atoms with Gasteiger partial charge in [0.05, 0.1) is 4.92 Å². The van der Waals surface area contributed by atoms with Gasteiger partial charge < -0.3 is 25.8 Å². The van der Waals surface area contributed by atoms with Gasteiger partial charge in [-0.3, -0.25) is 19.7 Å². The number of nitrogen functional groups attached to an aromatic ring is 1. The molecule has 2 atom stereocenters. The fourth-order valence-electron chi connectivity index (χ4n) is 4.57. The summed E-state index contributed by atoms with van der Waals surface area (Å²) in [6.07, 6.45) is 3.85. The van der Waals surface area contributed by atoms with Crippen LogP contribution in [-0.4, -0.2) is 52.5 Å². The molecule has 0 saturated heterocycles. The third-order valence-corrected chi connectivity index (χ3v) is 7.43. The Balaban J connectivity index is 0. The van der Waals surface area contributed by atoms with E-state index in [1.54, 1.807) is 60.6 Å². The Labute approximate surface area is 470 Å². The van der Waals surface area contributed by atoms with Crippen LogP contribution >= 0.6 is 0 Å². The molecule has 0 aliphatic carbocycles. The number of nitrogens with one attached hydrogen (secondary N) is 2. The fourth-order valence-corrected chi connectivity index (χ4v) is 4.57. The predicted octanol–water partition coefficient (Wildman–Crippen LogP) is 8.73. The minimum absolute atomic E-state index is 0.0456. The van der Waals surface area contributed by atoms with Crippen molar-refractivity contribution in [1.82, 2.24) is 0 Å². The summed E-state index contributed by atoms with van der Waals surface area (Å²) in [6.45, 7) is 11.5. The predicted molar refractivity (Wildman–Crippen MR) is 302 cm³/mol. The molecular weight excluding hydrogens is 1050 g/mol. The highest BCUT2D eigenvalue weighted by atomic mass is 19.4. The summed E-state index contributed by atoms with van der Waals surface area (Å²) >= 11 is 0. The number of nitro benzene ring substituents is 1. The molecule has 404 valence electrons. The van der Waals surface area contributed by atoms with Gasteiger partial charge in [-0.15, -0.1) is 19.3 Å². The first-order chi connectivity index (χ1) is 38.2. The van der Waals surface area contributed by atoms with Gasteiger partial charge in [-0.25, -0.2) is 0 Å². The summed E-state index contributed by atoms with van der Waals surface area (Å²) in [5, 5.41) is 15.2. The lowest BCUT2D eigenvalue weighted by Gasteiger charge is -2.24. The number of alkyl halides is 6. The van der Waals surface area contributed by atoms with E-state index in [9.17, 15) is 46.0 Å². The van der Waals surface area contributed by atoms with Crippen LogP contribution in [0, 0.1) is 213 Å². The molecule has 2 rings (SSSR count). The lowest BCUT2D eigenvalue weighted by molar-refractivity contribution is -0.384. The smallest absolute Gasteiger partial charge is 0.408 e. The number of halogens is 6. The minimum atomic E-state index is -4.62. The van der Waals surface area contributed by atoms with Crippen molar-refractivity contribution < 1.29 is 50.3 Å². The molecule has 2 aromatic carbocycles. The third kappa shape index (κ3) is 45.4. The van der Waals surface area contributed by atoms with Crippen molar-refractivity contribution >= 4 is 34.7 Å². The van der Waals surface area contributed by atoms with Crippen LogP contribution in [0.25, 0.3) is 0 Å². The van der Waals surface area contributed by atoms with E-state index in [1.807, 2.05) is 0 Å². The minimum Gasteiger partial charge on any atom is -0.460 e. The second-order valence-electron chi connectivity index (χ2n) is 16.2. The van der Waals surface area contributed by atoms with E-state index < -0.39 is 71.8 Å². The Hall–Kier alpha value is -11.7. The Morgan fingerprint density at radius 3 is 1.06 bits per heavy atom. The number of ether oxygens (including phenoxy) is 2. The summed E-state index contributed by atoms with van der Waals surface area (Å²) in [7, 11) is 0. The average molecular weight is 1090 g/mol. The van der Waals surface area contributed by atoms with Crippen LogP contribution in [0.5, 0.6) is 0 Å². The van der Waals surface area contributed by atoms with Crippen LogP contribution in [0.15, 0.2) is 48.5 Å². The number of esters is 2. The molecule has 0 heterocycles. The van der Waals surface area contributed by atoms with E-state index >= 15 is 0 Å². The van der Waals surface area contributed by atoms with Crippen molar-refractivity contribution in [3.8, 4) is 203 Å². The summed E-state index contributed by atoms with van der Waals surface area (Å²) in [6, 6.07) is 6.91. The van der Waals surface area contributed by atoms with E-state index in [-0.39, 0.29) is 23.5 Å². The van der Waals surface area contributed by atoms with Crippen LogP contribution in [0.4, 0.5) is 49.1 Å². The van der Waals surface area contributed by atoms with E-state index in [0.717, 1.165) is 6.07 Å². The van der Waals surface area contributed by atoms with Crippen LogP contribution < -0.4 is 16.4 Å². The molecule has 0 bridgehead atoms. The highest BCUT2D eigenvalue weighted by Gasteiger charge is 2.41. The number of terminal acetylenes is 3. The molecule has 16 heteroatoms. The number of non-ortho nitro benzene ring substituents is 1. The number of carbonyl (C=O) groups is 2. The molecule has 10 nitrogen and oxygen atoms in total. The first-order valence-corrected chi connectivity index (χ1v) is 22.7. The quantitative estimate of drug-likeness (QED) is 0.0503. The van der Waals surface area contributed by atoms with Crippen LogP contribution in [0.2, 0.25) is 0 Å². The van der Waals surface area contributed by atoms with Crippen molar-refractivity contribution in [2.45, 2.75) is 110 Å². The molecule has 0 amide bonds. The molecular formula is C65H46F6N4O6. The maximum atomic E-state index is 13.1. The number of nitrogens with two attached hydrogens (primary N) is 1. The van der Waals surface area contributed by atoms with E-state index in [1.165, 1.54) is 30.3 Å². The number of carbonyl (C=O) groups excluding carboxylic acids is 2. The number of benzene rings is 2. The molecule has 4 N–H and O–H groups in total. The average Bonchev–Trinajstić information content (AvgIpc) is 3.37. The molecule has 0 saturated carbocycles. The number of anilines is 3. The van der Waals surface area contributed by atoms with Gasteiger partial charge in [0, 0.05) is 42.0 Å². The molecule has 0 radical (unpaired) electrons. The first kappa shape index (κ1) is 71.4. The fraction of sp³-hybridized carbons (Fsp3) is 0.262. The topological polar surface area (TPSA) is 146 Å². The SMILES string of the molecule is C#CC#CC#CC#CC#CC#CC#CC#CC.C#CC#CC#CC#CC#CC#CC#CC#CC#C.CC(C)(C)OC(=O)CCC(Nc1cccc(N)c1)C(F)(F)F.CC(C)(C)OC(=O)CCC(Nc1cccc([N+](=O)[O-])c1)C(F)(F)F. The molecule has 2 unspecified atom stereocenters. The number of nitrogens with zero attached hydrogens (tertiary/aromatic N) is 1. The van der Waals surface area contributed by atoms with Crippen molar-refractivity contribution in [1.29, 1.82) is 0 Å². The molecule has 0 fully saturated rings. The van der Waals surface area contributed by atoms with E-state index in [2.05, 4.69) is 194 Å².